The molecule has 1 aliphatic carbocycles. The van der Waals surface area contributed by atoms with Crippen LogP contribution in [0.5, 0.6) is 0 Å². The maximum atomic E-state index is 5.58. The van der Waals surface area contributed by atoms with Crippen molar-refractivity contribution in [3.05, 3.63) is 35.4 Å². The highest BCUT2D eigenvalue weighted by Crippen LogP contribution is 2.25. The van der Waals surface area contributed by atoms with Gasteiger partial charge < -0.3 is 11.1 Å². The summed E-state index contributed by atoms with van der Waals surface area (Å²) in [6, 6.07) is 9.21. The molecule has 0 aromatic heterocycles. The van der Waals surface area contributed by atoms with Gasteiger partial charge in [-0.05, 0) is 43.4 Å². The van der Waals surface area contributed by atoms with Crippen LogP contribution in [0.4, 0.5) is 0 Å². The van der Waals surface area contributed by atoms with Gasteiger partial charge in [0.1, 0.15) is 0 Å². The Morgan fingerprint density at radius 1 is 1.33 bits per heavy atom. The number of nitrogens with one attached hydrogen (secondary N) is 1. The van der Waals surface area contributed by atoms with Crippen molar-refractivity contribution in [1.29, 1.82) is 0 Å². The fourth-order valence-electron chi connectivity index (χ4n) is 2.25. The lowest BCUT2D eigenvalue weighted by Gasteiger charge is -2.15. The number of nitrogens with two attached hydrogens (primary N) is 1. The second kappa shape index (κ2) is 4.77. The van der Waals surface area contributed by atoms with Crippen molar-refractivity contribution < 1.29 is 0 Å². The molecule has 82 valence electrons. The number of rotatable bonds is 4. The zero-order valence-corrected chi connectivity index (χ0v) is 9.37. The van der Waals surface area contributed by atoms with Gasteiger partial charge in [-0.3, -0.25) is 0 Å². The van der Waals surface area contributed by atoms with Crippen LogP contribution in [0.2, 0.25) is 0 Å². The summed E-state index contributed by atoms with van der Waals surface area (Å²) in [5, 5.41) is 3.48. The van der Waals surface area contributed by atoms with Crippen LogP contribution in [0.15, 0.2) is 24.3 Å². The molecule has 2 heteroatoms. The Balaban J connectivity index is 1.85. The predicted octanol–water partition coefficient (Wildman–Crippen LogP) is 1.34. The summed E-state index contributed by atoms with van der Waals surface area (Å²) in [6.45, 7) is 3.95. The van der Waals surface area contributed by atoms with Gasteiger partial charge in [0.15, 0.2) is 0 Å². The average Bonchev–Trinajstić information content (AvgIpc) is 2.68. The smallest absolute Gasteiger partial charge is 0.0162 e. The van der Waals surface area contributed by atoms with Crippen molar-refractivity contribution in [2.75, 3.05) is 13.1 Å². The van der Waals surface area contributed by atoms with Gasteiger partial charge in [-0.1, -0.05) is 24.3 Å². The minimum absolute atomic E-state index is 0.439. The second-order valence-corrected chi connectivity index (χ2v) is 4.59. The van der Waals surface area contributed by atoms with E-state index in [1.165, 1.54) is 24.0 Å². The summed E-state index contributed by atoms with van der Waals surface area (Å²) in [7, 11) is 0. The first-order valence-electron chi connectivity index (χ1n) is 5.80. The van der Waals surface area contributed by atoms with E-state index in [0.29, 0.717) is 6.04 Å². The number of fused-ring (bicyclic) bond motifs is 1. The molecule has 1 aromatic carbocycles. The van der Waals surface area contributed by atoms with Crippen LogP contribution in [0.1, 0.15) is 18.1 Å². The molecule has 2 rings (SSSR count). The van der Waals surface area contributed by atoms with Crippen LogP contribution in [-0.2, 0) is 12.8 Å². The zero-order chi connectivity index (χ0) is 10.7. The first kappa shape index (κ1) is 10.7. The Hall–Kier alpha value is -0.860. The summed E-state index contributed by atoms with van der Waals surface area (Å²) >= 11 is 0. The summed E-state index contributed by atoms with van der Waals surface area (Å²) in [6.07, 6.45) is 2.45. The molecule has 1 aromatic rings. The van der Waals surface area contributed by atoms with Gasteiger partial charge in [-0.25, -0.2) is 0 Å². The summed E-state index contributed by atoms with van der Waals surface area (Å²) in [4.78, 5) is 0. The maximum absolute atomic E-state index is 5.58. The molecule has 1 aliphatic rings. The molecule has 0 bridgehead atoms. The van der Waals surface area contributed by atoms with E-state index in [9.17, 15) is 0 Å². The average molecular weight is 204 g/mol. The van der Waals surface area contributed by atoms with Gasteiger partial charge in [0.25, 0.3) is 0 Å². The van der Waals surface area contributed by atoms with Crippen LogP contribution in [0.25, 0.3) is 0 Å². The van der Waals surface area contributed by atoms with Crippen molar-refractivity contribution in [2.45, 2.75) is 25.8 Å². The van der Waals surface area contributed by atoms with Gasteiger partial charge in [-0.2, -0.15) is 0 Å². The minimum atomic E-state index is 0.439. The van der Waals surface area contributed by atoms with Crippen LogP contribution >= 0.6 is 0 Å². The monoisotopic (exact) mass is 204 g/mol. The van der Waals surface area contributed by atoms with Crippen molar-refractivity contribution >= 4 is 0 Å². The van der Waals surface area contributed by atoms with Crippen molar-refractivity contribution in [3.8, 4) is 0 Å². The first-order valence-corrected chi connectivity index (χ1v) is 5.80. The summed E-state index contributed by atoms with van der Waals surface area (Å²) in [5.74, 6) is 0.761. The van der Waals surface area contributed by atoms with E-state index in [1.807, 2.05) is 0 Å². The van der Waals surface area contributed by atoms with Crippen molar-refractivity contribution in [2.24, 2.45) is 11.7 Å². The molecule has 0 unspecified atom stereocenters. The van der Waals surface area contributed by atoms with E-state index in [1.54, 1.807) is 0 Å². The molecule has 0 radical (unpaired) electrons. The van der Waals surface area contributed by atoms with E-state index in [4.69, 9.17) is 5.73 Å². The number of benzene rings is 1. The molecule has 0 heterocycles. The summed E-state index contributed by atoms with van der Waals surface area (Å²) < 4.78 is 0. The van der Waals surface area contributed by atoms with E-state index in [-0.39, 0.29) is 0 Å². The van der Waals surface area contributed by atoms with Gasteiger partial charge in [0, 0.05) is 12.6 Å². The standard InChI is InChI=1S/C13H20N2/c1-10(8-14)15-9-11-6-12-4-2-3-5-13(12)7-11/h2-5,10-11,15H,6-9,14H2,1H3/t10-/m0/s1. The fourth-order valence-corrected chi connectivity index (χ4v) is 2.25. The number of hydrogen-bond donors (Lipinski definition) is 2. The molecule has 2 nitrogen and oxygen atoms in total. The Morgan fingerprint density at radius 3 is 2.47 bits per heavy atom. The van der Waals surface area contributed by atoms with Crippen LogP contribution in [0.3, 0.4) is 0 Å². The Labute approximate surface area is 91.9 Å². The molecule has 0 saturated carbocycles. The first-order chi connectivity index (χ1) is 7.29. The molecular weight excluding hydrogens is 184 g/mol. The molecule has 3 N–H and O–H groups in total. The lowest BCUT2D eigenvalue weighted by molar-refractivity contribution is 0.454. The van der Waals surface area contributed by atoms with Crippen molar-refractivity contribution in [1.82, 2.24) is 5.32 Å². The third-order valence-corrected chi connectivity index (χ3v) is 3.24. The molecule has 0 fully saturated rings. The van der Waals surface area contributed by atoms with E-state index in [2.05, 4.69) is 36.5 Å². The third kappa shape index (κ3) is 2.58. The largest absolute Gasteiger partial charge is 0.329 e. The van der Waals surface area contributed by atoms with Gasteiger partial charge in [0.05, 0.1) is 0 Å². The molecule has 0 spiro atoms. The highest BCUT2D eigenvalue weighted by Gasteiger charge is 2.20. The topological polar surface area (TPSA) is 38.0 Å². The molecular formula is C13H20N2. The van der Waals surface area contributed by atoms with Gasteiger partial charge >= 0.3 is 0 Å². The minimum Gasteiger partial charge on any atom is -0.329 e. The Bertz CT molecular complexity index is 297. The highest BCUT2D eigenvalue weighted by molar-refractivity contribution is 5.32. The second-order valence-electron chi connectivity index (χ2n) is 4.59. The molecule has 0 amide bonds. The number of hydrogen-bond acceptors (Lipinski definition) is 2. The van der Waals surface area contributed by atoms with Crippen LogP contribution < -0.4 is 11.1 Å². The highest BCUT2D eigenvalue weighted by atomic mass is 14.9. The van der Waals surface area contributed by atoms with Gasteiger partial charge in [0.2, 0.25) is 0 Å². The van der Waals surface area contributed by atoms with Crippen LogP contribution in [-0.4, -0.2) is 19.1 Å². The lowest BCUT2D eigenvalue weighted by Crippen LogP contribution is -2.36. The lowest BCUT2D eigenvalue weighted by atomic mass is 10.1. The fraction of sp³-hybridized carbons (Fsp3) is 0.538. The molecule has 0 aliphatic heterocycles. The normalized spacial score (nSPS) is 17.7. The quantitative estimate of drug-likeness (QED) is 0.776. The molecule has 1 atom stereocenters. The van der Waals surface area contributed by atoms with Gasteiger partial charge in [-0.15, -0.1) is 0 Å². The maximum Gasteiger partial charge on any atom is 0.0162 e. The Morgan fingerprint density at radius 2 is 1.93 bits per heavy atom. The van der Waals surface area contributed by atoms with E-state index in [0.717, 1.165) is 19.0 Å². The third-order valence-electron chi connectivity index (χ3n) is 3.24. The summed E-state index contributed by atoms with van der Waals surface area (Å²) in [5.41, 5.74) is 8.64. The molecule has 0 saturated heterocycles. The van der Waals surface area contributed by atoms with E-state index >= 15 is 0 Å². The SMILES string of the molecule is C[C@@H](CN)NCC1Cc2ccccc2C1. The Kier molecular flexibility index (Phi) is 3.39. The van der Waals surface area contributed by atoms with E-state index < -0.39 is 0 Å². The van der Waals surface area contributed by atoms with Crippen molar-refractivity contribution in [3.63, 3.8) is 0 Å². The predicted molar refractivity (Wildman–Crippen MR) is 63.9 cm³/mol. The van der Waals surface area contributed by atoms with Crippen LogP contribution in [0, 0.1) is 5.92 Å². The molecule has 15 heavy (non-hydrogen) atoms. The zero-order valence-electron chi connectivity index (χ0n) is 9.37.